The van der Waals surface area contributed by atoms with E-state index in [1.165, 1.54) is 6.07 Å². The number of nitrogens with zero attached hydrogens (tertiary/aromatic N) is 2. The Balaban J connectivity index is 2.07. The lowest BCUT2D eigenvalue weighted by molar-refractivity contribution is 0.0755. The van der Waals surface area contributed by atoms with Gasteiger partial charge in [0.2, 0.25) is 0 Å². The number of halogens is 2. The summed E-state index contributed by atoms with van der Waals surface area (Å²) < 4.78 is 14.3. The molecule has 1 aliphatic heterocycles. The van der Waals surface area contributed by atoms with E-state index in [4.69, 9.17) is 5.11 Å². The SMILES string of the molecule is O=C(c1cccc(Br)c1F)N1CCCN(CCO)CC1. The molecule has 1 aliphatic rings. The first-order chi connectivity index (χ1) is 9.63. The fourth-order valence-electron chi connectivity index (χ4n) is 2.38. The second-order valence-corrected chi connectivity index (χ2v) is 5.67. The van der Waals surface area contributed by atoms with E-state index in [0.717, 1.165) is 13.0 Å². The van der Waals surface area contributed by atoms with E-state index in [-0.39, 0.29) is 18.1 Å². The van der Waals surface area contributed by atoms with Gasteiger partial charge in [-0.05, 0) is 41.0 Å². The van der Waals surface area contributed by atoms with Crippen molar-refractivity contribution in [1.29, 1.82) is 0 Å². The van der Waals surface area contributed by atoms with E-state index < -0.39 is 5.82 Å². The number of carbonyl (C=O) groups is 1. The van der Waals surface area contributed by atoms with Crippen LogP contribution in [0.5, 0.6) is 0 Å². The molecule has 1 aromatic carbocycles. The molecule has 0 aliphatic carbocycles. The second kappa shape index (κ2) is 7.15. The van der Waals surface area contributed by atoms with Crippen molar-refractivity contribution in [3.63, 3.8) is 0 Å². The zero-order valence-corrected chi connectivity index (χ0v) is 12.8. The van der Waals surface area contributed by atoms with Crippen LogP contribution in [0.2, 0.25) is 0 Å². The van der Waals surface area contributed by atoms with Crippen molar-refractivity contribution in [3.05, 3.63) is 34.1 Å². The maximum atomic E-state index is 14.0. The number of hydrogen-bond acceptors (Lipinski definition) is 3. The van der Waals surface area contributed by atoms with E-state index in [1.54, 1.807) is 17.0 Å². The predicted octanol–water partition coefficient (Wildman–Crippen LogP) is 1.73. The molecule has 110 valence electrons. The van der Waals surface area contributed by atoms with Crippen molar-refractivity contribution < 1.29 is 14.3 Å². The quantitative estimate of drug-likeness (QED) is 0.908. The van der Waals surface area contributed by atoms with Gasteiger partial charge in [-0.3, -0.25) is 9.69 Å². The Hall–Kier alpha value is -0.980. The van der Waals surface area contributed by atoms with Gasteiger partial charge < -0.3 is 10.0 Å². The van der Waals surface area contributed by atoms with Gasteiger partial charge in [0.1, 0.15) is 5.82 Å². The highest BCUT2D eigenvalue weighted by Gasteiger charge is 2.22. The molecule has 0 radical (unpaired) electrons. The van der Waals surface area contributed by atoms with Crippen LogP contribution in [0, 0.1) is 5.82 Å². The summed E-state index contributed by atoms with van der Waals surface area (Å²) >= 11 is 3.10. The van der Waals surface area contributed by atoms with Crippen molar-refractivity contribution in [2.24, 2.45) is 0 Å². The molecule has 0 spiro atoms. The molecular weight excluding hydrogens is 327 g/mol. The monoisotopic (exact) mass is 344 g/mol. The molecule has 0 atom stereocenters. The Labute approximate surface area is 126 Å². The smallest absolute Gasteiger partial charge is 0.256 e. The van der Waals surface area contributed by atoms with Crippen LogP contribution in [0.25, 0.3) is 0 Å². The van der Waals surface area contributed by atoms with E-state index in [2.05, 4.69) is 20.8 Å². The van der Waals surface area contributed by atoms with Crippen LogP contribution >= 0.6 is 15.9 Å². The lowest BCUT2D eigenvalue weighted by Crippen LogP contribution is -2.36. The van der Waals surface area contributed by atoms with Crippen molar-refractivity contribution in [2.45, 2.75) is 6.42 Å². The Bertz CT molecular complexity index is 484. The number of aliphatic hydroxyl groups is 1. The zero-order chi connectivity index (χ0) is 14.5. The number of aliphatic hydroxyl groups excluding tert-OH is 1. The number of rotatable bonds is 3. The van der Waals surface area contributed by atoms with Gasteiger partial charge in [0.25, 0.3) is 5.91 Å². The molecular formula is C14H18BrFN2O2. The molecule has 0 saturated carbocycles. The topological polar surface area (TPSA) is 43.8 Å². The van der Waals surface area contributed by atoms with Crippen LogP contribution in [0.4, 0.5) is 4.39 Å². The lowest BCUT2D eigenvalue weighted by atomic mass is 10.2. The molecule has 6 heteroatoms. The molecule has 1 aromatic rings. The van der Waals surface area contributed by atoms with Crippen LogP contribution in [0.3, 0.4) is 0 Å². The van der Waals surface area contributed by atoms with Crippen LogP contribution in [0.1, 0.15) is 16.8 Å². The number of carbonyl (C=O) groups excluding carboxylic acids is 1. The molecule has 1 saturated heterocycles. The number of amides is 1. The number of benzene rings is 1. The summed E-state index contributed by atoms with van der Waals surface area (Å²) in [7, 11) is 0. The van der Waals surface area contributed by atoms with Crippen LogP contribution in [-0.4, -0.2) is 60.1 Å². The normalized spacial score (nSPS) is 17.1. The van der Waals surface area contributed by atoms with E-state index in [1.807, 2.05) is 0 Å². The van der Waals surface area contributed by atoms with E-state index >= 15 is 0 Å². The molecule has 0 bridgehead atoms. The average Bonchev–Trinajstić information content (AvgIpc) is 2.67. The maximum Gasteiger partial charge on any atom is 0.256 e. The van der Waals surface area contributed by atoms with Crippen LogP contribution < -0.4 is 0 Å². The molecule has 20 heavy (non-hydrogen) atoms. The summed E-state index contributed by atoms with van der Waals surface area (Å²) in [5, 5.41) is 8.95. The van der Waals surface area contributed by atoms with Gasteiger partial charge in [-0.25, -0.2) is 4.39 Å². The van der Waals surface area contributed by atoms with Gasteiger partial charge >= 0.3 is 0 Å². The fraction of sp³-hybridized carbons (Fsp3) is 0.500. The van der Waals surface area contributed by atoms with Gasteiger partial charge in [0.05, 0.1) is 16.6 Å². The summed E-state index contributed by atoms with van der Waals surface area (Å²) in [6, 6.07) is 4.76. The van der Waals surface area contributed by atoms with Crippen molar-refractivity contribution in [2.75, 3.05) is 39.3 Å². The zero-order valence-electron chi connectivity index (χ0n) is 11.2. The number of hydrogen-bond donors (Lipinski definition) is 1. The van der Waals surface area contributed by atoms with Gasteiger partial charge in [0.15, 0.2) is 0 Å². The highest BCUT2D eigenvalue weighted by atomic mass is 79.9. The third-order valence-electron chi connectivity index (χ3n) is 3.47. The van der Waals surface area contributed by atoms with Crippen molar-refractivity contribution >= 4 is 21.8 Å². The van der Waals surface area contributed by atoms with Crippen molar-refractivity contribution in [3.8, 4) is 0 Å². The summed E-state index contributed by atoms with van der Waals surface area (Å²) in [4.78, 5) is 16.2. The average molecular weight is 345 g/mol. The predicted molar refractivity (Wildman–Crippen MR) is 78.1 cm³/mol. The number of β-amino-alcohol motifs (C(OH)–C–C–N with tert-alkyl or cyclic N) is 1. The van der Waals surface area contributed by atoms with Crippen LogP contribution in [0.15, 0.2) is 22.7 Å². The Morgan fingerprint density at radius 2 is 2.10 bits per heavy atom. The van der Waals surface area contributed by atoms with Crippen LogP contribution in [-0.2, 0) is 0 Å². The van der Waals surface area contributed by atoms with Gasteiger partial charge in [-0.1, -0.05) is 6.07 Å². The van der Waals surface area contributed by atoms with Gasteiger partial charge in [-0.15, -0.1) is 0 Å². The van der Waals surface area contributed by atoms with Gasteiger partial charge in [0, 0.05) is 26.2 Å². The Morgan fingerprint density at radius 3 is 2.85 bits per heavy atom. The Morgan fingerprint density at radius 1 is 1.30 bits per heavy atom. The first kappa shape index (κ1) is 15.4. The molecule has 1 fully saturated rings. The lowest BCUT2D eigenvalue weighted by Gasteiger charge is -2.22. The first-order valence-corrected chi connectivity index (χ1v) is 7.49. The highest BCUT2D eigenvalue weighted by Crippen LogP contribution is 2.20. The second-order valence-electron chi connectivity index (χ2n) is 4.81. The summed E-state index contributed by atoms with van der Waals surface area (Å²) in [5.74, 6) is -0.774. The third kappa shape index (κ3) is 3.56. The van der Waals surface area contributed by atoms with E-state index in [0.29, 0.717) is 30.7 Å². The standard InChI is InChI=1S/C14H18BrFN2O2/c15-12-4-1-3-11(13(12)16)14(20)18-6-2-5-17(7-8-18)9-10-19/h1,3-4,19H,2,5-10H2. The molecule has 2 rings (SSSR count). The van der Waals surface area contributed by atoms with E-state index in [9.17, 15) is 9.18 Å². The molecule has 0 unspecified atom stereocenters. The highest BCUT2D eigenvalue weighted by molar-refractivity contribution is 9.10. The summed E-state index contributed by atoms with van der Waals surface area (Å²) in [6.07, 6.45) is 0.835. The van der Waals surface area contributed by atoms with Crippen molar-refractivity contribution in [1.82, 2.24) is 9.80 Å². The summed E-state index contributed by atoms with van der Waals surface area (Å²) in [6.45, 7) is 3.48. The Kier molecular flexibility index (Phi) is 5.51. The molecule has 4 nitrogen and oxygen atoms in total. The molecule has 1 amide bonds. The maximum absolute atomic E-state index is 14.0. The minimum atomic E-state index is -0.506. The molecule has 0 aromatic heterocycles. The third-order valence-corrected chi connectivity index (χ3v) is 4.09. The fourth-order valence-corrected chi connectivity index (χ4v) is 2.74. The first-order valence-electron chi connectivity index (χ1n) is 6.70. The van der Waals surface area contributed by atoms with Gasteiger partial charge in [-0.2, -0.15) is 0 Å². The minimum absolute atomic E-state index is 0.106. The molecule has 1 heterocycles. The molecule has 1 N–H and O–H groups in total. The largest absolute Gasteiger partial charge is 0.395 e. The summed E-state index contributed by atoms with van der Waals surface area (Å²) in [5.41, 5.74) is 0.106. The minimum Gasteiger partial charge on any atom is -0.395 e.